The van der Waals surface area contributed by atoms with Gasteiger partial charge in [-0.25, -0.2) is 4.79 Å². The fourth-order valence-corrected chi connectivity index (χ4v) is 2.00. The van der Waals surface area contributed by atoms with Gasteiger partial charge >= 0.3 is 16.2 Å². The molecule has 0 amide bonds. The third kappa shape index (κ3) is 4.69. The quantitative estimate of drug-likeness (QED) is 0.455. The Morgan fingerprint density at radius 3 is 2.00 bits per heavy atom. The zero-order chi connectivity index (χ0) is 16.6. The van der Waals surface area contributed by atoms with E-state index in [1.807, 2.05) is 0 Å². The smallest absolute Gasteiger partial charge is 0.333 e. The van der Waals surface area contributed by atoms with Crippen molar-refractivity contribution < 1.29 is 29.0 Å². The minimum Gasteiger partial charge on any atom is -0.467 e. The molecule has 0 fully saturated rings. The Labute approximate surface area is 118 Å². The minimum atomic E-state index is -9.66. The molecule has 0 bridgehead atoms. The Kier molecular flexibility index (Phi) is 3.67. The summed E-state index contributed by atoms with van der Waals surface area (Å²) in [6, 6.07) is 2.27. The van der Waals surface area contributed by atoms with Crippen LogP contribution in [-0.2, 0) is 9.53 Å². The van der Waals surface area contributed by atoms with E-state index in [-0.39, 0.29) is 17.7 Å². The fourth-order valence-electron chi connectivity index (χ4n) is 1.35. The first-order valence-corrected chi connectivity index (χ1v) is 7.59. The van der Waals surface area contributed by atoms with Gasteiger partial charge in [0.1, 0.15) is 4.90 Å². The molecule has 0 heterocycles. The summed E-state index contributed by atoms with van der Waals surface area (Å²) in [7, 11) is -8.49. The Morgan fingerprint density at radius 2 is 1.62 bits per heavy atom. The number of aliphatic imine (C=N–C) groups is 1. The average molecular weight is 331 g/mol. The number of hydrogen-bond acceptors (Lipinski definition) is 3. The summed E-state index contributed by atoms with van der Waals surface area (Å²) >= 11 is 0. The monoisotopic (exact) mass is 331 g/mol. The van der Waals surface area contributed by atoms with Crippen molar-refractivity contribution in [1.82, 2.24) is 0 Å². The Bertz CT molecular complexity index is 578. The van der Waals surface area contributed by atoms with Gasteiger partial charge in [0, 0.05) is 6.21 Å². The van der Waals surface area contributed by atoms with Crippen molar-refractivity contribution in [2.45, 2.75) is 24.3 Å². The molecule has 21 heavy (non-hydrogen) atoms. The standard InChI is InChI=1S/C12H14F5NO2S/c1-12(2,11(19)20-3)18-8-9-4-6-10(7-5-9)21(13,14,15,16)17/h4-8H,1-3H3. The fraction of sp³-hybridized carbons (Fsp3) is 0.333. The Hall–Kier alpha value is -1.64. The number of carbonyl (C=O) groups excluding carboxylic acids is 1. The highest BCUT2D eigenvalue weighted by molar-refractivity contribution is 8.45. The van der Waals surface area contributed by atoms with Crippen molar-refractivity contribution in [1.29, 1.82) is 0 Å². The lowest BCUT2D eigenvalue weighted by Gasteiger charge is -2.40. The molecule has 0 aliphatic rings. The van der Waals surface area contributed by atoms with Crippen molar-refractivity contribution >= 4 is 22.4 Å². The van der Waals surface area contributed by atoms with Gasteiger partial charge in [-0.05, 0) is 31.5 Å². The molecule has 0 atom stereocenters. The Morgan fingerprint density at radius 1 is 1.14 bits per heavy atom. The molecular weight excluding hydrogens is 317 g/mol. The van der Waals surface area contributed by atoms with Crippen LogP contribution < -0.4 is 0 Å². The minimum absolute atomic E-state index is 0.151. The molecule has 0 aliphatic carbocycles. The topological polar surface area (TPSA) is 38.7 Å². The van der Waals surface area contributed by atoms with Crippen LogP contribution in [0.25, 0.3) is 0 Å². The molecule has 0 N–H and O–H groups in total. The maximum atomic E-state index is 12.5. The van der Waals surface area contributed by atoms with E-state index in [1.165, 1.54) is 21.0 Å². The first kappa shape index (κ1) is 17.4. The molecule has 120 valence electrons. The van der Waals surface area contributed by atoms with Gasteiger partial charge in [-0.3, -0.25) is 4.99 Å². The van der Waals surface area contributed by atoms with E-state index in [9.17, 15) is 24.2 Å². The molecule has 1 aromatic carbocycles. The number of halogens is 5. The Balaban J connectivity index is 3.04. The average Bonchev–Trinajstić information content (AvgIpc) is 2.33. The maximum absolute atomic E-state index is 12.5. The molecule has 9 heteroatoms. The number of ether oxygens (including phenoxy) is 1. The van der Waals surface area contributed by atoms with Crippen molar-refractivity contribution in [3.63, 3.8) is 0 Å². The third-order valence-electron chi connectivity index (χ3n) is 2.55. The SMILES string of the molecule is COC(=O)C(C)(C)N=Cc1ccc(S(F)(F)(F)(F)F)cc1. The third-order valence-corrected chi connectivity index (χ3v) is 3.71. The lowest BCUT2D eigenvalue weighted by molar-refractivity contribution is -0.145. The van der Waals surface area contributed by atoms with Crippen LogP contribution in [0.5, 0.6) is 0 Å². The summed E-state index contributed by atoms with van der Waals surface area (Å²) in [5.41, 5.74) is -1.08. The van der Waals surface area contributed by atoms with E-state index in [0.717, 1.165) is 18.3 Å². The summed E-state index contributed by atoms with van der Waals surface area (Å²) in [6.45, 7) is 2.89. The summed E-state index contributed by atoms with van der Waals surface area (Å²) < 4.78 is 67.1. The highest BCUT2D eigenvalue weighted by atomic mass is 32.5. The zero-order valence-electron chi connectivity index (χ0n) is 11.4. The maximum Gasteiger partial charge on any atom is 0.333 e. The summed E-state index contributed by atoms with van der Waals surface area (Å²) in [5, 5.41) is 0. The molecule has 1 rings (SSSR count). The molecular formula is C12H14F5NO2S. The van der Waals surface area contributed by atoms with Gasteiger partial charge in [-0.15, -0.1) is 0 Å². The van der Waals surface area contributed by atoms with Crippen molar-refractivity contribution in [2.24, 2.45) is 4.99 Å². The number of nitrogens with zero attached hydrogens (tertiary/aromatic N) is 1. The lowest BCUT2D eigenvalue weighted by Crippen LogP contribution is -2.30. The van der Waals surface area contributed by atoms with E-state index in [4.69, 9.17) is 0 Å². The second kappa shape index (κ2) is 4.43. The number of esters is 1. The van der Waals surface area contributed by atoms with Crippen molar-refractivity contribution in [3.05, 3.63) is 29.8 Å². The molecule has 0 saturated carbocycles. The predicted molar refractivity (Wildman–Crippen MR) is 71.5 cm³/mol. The van der Waals surface area contributed by atoms with Gasteiger partial charge in [-0.1, -0.05) is 31.6 Å². The highest BCUT2D eigenvalue weighted by Gasteiger charge is 2.65. The van der Waals surface area contributed by atoms with Crippen molar-refractivity contribution in [2.75, 3.05) is 7.11 Å². The molecule has 0 spiro atoms. The van der Waals surface area contributed by atoms with Gasteiger partial charge in [0.15, 0.2) is 5.54 Å². The van der Waals surface area contributed by atoms with Gasteiger partial charge in [0.2, 0.25) is 0 Å². The number of carbonyl (C=O) groups is 1. The molecule has 3 nitrogen and oxygen atoms in total. The van der Waals surface area contributed by atoms with Crippen LogP contribution in [0.2, 0.25) is 0 Å². The summed E-state index contributed by atoms with van der Waals surface area (Å²) in [6.07, 6.45) is 1.12. The van der Waals surface area contributed by atoms with Gasteiger partial charge in [-0.2, -0.15) is 0 Å². The molecule has 0 aliphatic heterocycles. The number of hydrogen-bond donors (Lipinski definition) is 0. The van der Waals surface area contributed by atoms with Crippen LogP contribution >= 0.6 is 10.2 Å². The van der Waals surface area contributed by atoms with Crippen LogP contribution in [0.3, 0.4) is 0 Å². The van der Waals surface area contributed by atoms with E-state index >= 15 is 0 Å². The van der Waals surface area contributed by atoms with E-state index in [2.05, 4.69) is 9.73 Å². The van der Waals surface area contributed by atoms with Crippen LogP contribution in [0.1, 0.15) is 19.4 Å². The zero-order valence-corrected chi connectivity index (χ0v) is 12.3. The molecule has 0 saturated heterocycles. The molecule has 0 aromatic heterocycles. The number of methoxy groups -OCH3 is 1. The molecule has 0 unspecified atom stereocenters. The number of rotatable bonds is 4. The van der Waals surface area contributed by atoms with Crippen LogP contribution in [0.15, 0.2) is 34.2 Å². The van der Waals surface area contributed by atoms with Gasteiger partial charge in [0.25, 0.3) is 0 Å². The van der Waals surface area contributed by atoms with E-state index in [1.54, 1.807) is 0 Å². The first-order chi connectivity index (χ1) is 9.15. The molecule has 1 aromatic rings. The predicted octanol–water partition coefficient (Wildman–Crippen LogP) is 4.71. The van der Waals surface area contributed by atoms with E-state index in [0.29, 0.717) is 0 Å². The normalized spacial score (nSPS) is 16.4. The van der Waals surface area contributed by atoms with Crippen LogP contribution in [0, 0.1) is 0 Å². The van der Waals surface area contributed by atoms with Gasteiger partial charge in [0.05, 0.1) is 7.11 Å². The van der Waals surface area contributed by atoms with Gasteiger partial charge < -0.3 is 4.74 Å². The largest absolute Gasteiger partial charge is 0.467 e. The van der Waals surface area contributed by atoms with Crippen molar-refractivity contribution in [3.8, 4) is 0 Å². The number of benzene rings is 1. The molecule has 0 radical (unpaired) electrons. The summed E-state index contributed by atoms with van der Waals surface area (Å²) in [4.78, 5) is 13.2. The first-order valence-electron chi connectivity index (χ1n) is 5.63. The second-order valence-electron chi connectivity index (χ2n) is 4.85. The van der Waals surface area contributed by atoms with Crippen LogP contribution in [-0.4, -0.2) is 24.8 Å². The second-order valence-corrected chi connectivity index (χ2v) is 7.26. The highest BCUT2D eigenvalue weighted by Crippen LogP contribution is 3.02. The van der Waals surface area contributed by atoms with E-state index < -0.39 is 26.6 Å². The summed E-state index contributed by atoms with van der Waals surface area (Å²) in [5.74, 6) is -0.637. The lowest BCUT2D eigenvalue weighted by atomic mass is 10.1. The van der Waals surface area contributed by atoms with Crippen LogP contribution in [0.4, 0.5) is 19.4 Å².